The third-order valence-electron chi connectivity index (χ3n) is 8.40. The highest BCUT2D eigenvalue weighted by molar-refractivity contribution is 6.02. The van der Waals surface area contributed by atoms with Gasteiger partial charge in [0.15, 0.2) is 0 Å². The molecular formula is C25H30N6O2. The molecule has 1 saturated heterocycles. The largest absolute Gasteiger partial charge is 0.362 e. The molecule has 0 radical (unpaired) electrons. The summed E-state index contributed by atoms with van der Waals surface area (Å²) < 4.78 is 0. The summed E-state index contributed by atoms with van der Waals surface area (Å²) >= 11 is 0. The summed E-state index contributed by atoms with van der Waals surface area (Å²) in [5.74, 6) is 1.23. The van der Waals surface area contributed by atoms with Gasteiger partial charge in [0.1, 0.15) is 5.66 Å². The first-order valence-corrected chi connectivity index (χ1v) is 12.0. The summed E-state index contributed by atoms with van der Waals surface area (Å²) in [6.07, 6.45) is 7.14. The van der Waals surface area contributed by atoms with E-state index in [-0.39, 0.29) is 29.1 Å². The van der Waals surface area contributed by atoms with Crippen molar-refractivity contribution in [3.63, 3.8) is 0 Å². The normalized spacial score (nSPS) is 32.8. The number of benzene rings is 1. The summed E-state index contributed by atoms with van der Waals surface area (Å²) in [5, 5.41) is 7.00. The molecule has 2 aromatic rings. The van der Waals surface area contributed by atoms with E-state index in [9.17, 15) is 9.59 Å². The van der Waals surface area contributed by atoms with Gasteiger partial charge in [-0.25, -0.2) is 9.97 Å². The number of rotatable bonds is 2. The van der Waals surface area contributed by atoms with E-state index in [1.165, 1.54) is 0 Å². The Labute approximate surface area is 193 Å². The van der Waals surface area contributed by atoms with Gasteiger partial charge in [-0.05, 0) is 49.3 Å². The molecule has 2 aliphatic heterocycles. The van der Waals surface area contributed by atoms with E-state index in [4.69, 9.17) is 0 Å². The molecule has 172 valence electrons. The highest BCUT2D eigenvalue weighted by atomic mass is 16.2. The average molecular weight is 447 g/mol. The Balaban J connectivity index is 1.18. The lowest BCUT2D eigenvalue weighted by atomic mass is 9.51. The molecule has 2 bridgehead atoms. The lowest BCUT2D eigenvalue weighted by Gasteiger charge is -2.61. The highest BCUT2D eigenvalue weighted by Gasteiger charge is 2.60. The highest BCUT2D eigenvalue weighted by Crippen LogP contribution is 2.58. The first-order valence-electron chi connectivity index (χ1n) is 12.0. The molecule has 2 amide bonds. The molecule has 1 aromatic carbocycles. The number of piperazine rings is 1. The van der Waals surface area contributed by atoms with Crippen LogP contribution in [0, 0.1) is 17.3 Å². The molecule has 4 atom stereocenters. The van der Waals surface area contributed by atoms with Crippen LogP contribution in [-0.2, 0) is 4.79 Å². The Hall–Kier alpha value is -3.16. The smallest absolute Gasteiger partial charge is 0.255 e. The number of carbonyl (C=O) groups is 2. The summed E-state index contributed by atoms with van der Waals surface area (Å²) in [6, 6.07) is 9.52. The average Bonchev–Trinajstić information content (AvgIpc) is 2.84. The van der Waals surface area contributed by atoms with E-state index in [0.29, 0.717) is 18.7 Å². The molecule has 8 nitrogen and oxygen atoms in total. The number of hydrogen-bond acceptors (Lipinski definition) is 6. The van der Waals surface area contributed by atoms with E-state index in [2.05, 4.69) is 32.4 Å². The van der Waals surface area contributed by atoms with Gasteiger partial charge in [0.05, 0.1) is 5.56 Å². The molecule has 4 fully saturated rings. The van der Waals surface area contributed by atoms with E-state index >= 15 is 0 Å². The van der Waals surface area contributed by atoms with Crippen molar-refractivity contribution >= 4 is 23.5 Å². The number of anilines is 2. The molecule has 33 heavy (non-hydrogen) atoms. The number of nitrogens with zero attached hydrogens (tertiary/aromatic N) is 4. The molecule has 1 aromatic heterocycles. The predicted octanol–water partition coefficient (Wildman–Crippen LogP) is 2.50. The minimum absolute atomic E-state index is 0.00253. The molecule has 8 heteroatoms. The summed E-state index contributed by atoms with van der Waals surface area (Å²) in [4.78, 5) is 39.5. The second-order valence-electron chi connectivity index (χ2n) is 10.3. The predicted molar refractivity (Wildman–Crippen MR) is 125 cm³/mol. The topological polar surface area (TPSA) is 90.5 Å². The van der Waals surface area contributed by atoms with Crippen LogP contribution in [0.3, 0.4) is 0 Å². The van der Waals surface area contributed by atoms with Gasteiger partial charge < -0.3 is 20.4 Å². The second-order valence-corrected chi connectivity index (χ2v) is 10.3. The number of nitrogens with one attached hydrogen (secondary N) is 2. The van der Waals surface area contributed by atoms with Gasteiger partial charge in [-0.3, -0.25) is 9.59 Å². The maximum Gasteiger partial charge on any atom is 0.255 e. The Morgan fingerprint density at radius 3 is 2.58 bits per heavy atom. The minimum atomic E-state index is -0.460. The van der Waals surface area contributed by atoms with Gasteiger partial charge in [-0.1, -0.05) is 19.1 Å². The first kappa shape index (κ1) is 20.4. The van der Waals surface area contributed by atoms with Crippen LogP contribution in [0.15, 0.2) is 42.7 Å². The number of para-hydroxylation sites is 1. The molecule has 5 aliphatic rings. The maximum absolute atomic E-state index is 13.7. The number of aromatic nitrogens is 2. The van der Waals surface area contributed by atoms with Crippen LogP contribution in [0.1, 0.15) is 43.0 Å². The maximum atomic E-state index is 13.7. The molecule has 0 unspecified atom stereocenters. The van der Waals surface area contributed by atoms with Gasteiger partial charge >= 0.3 is 0 Å². The van der Waals surface area contributed by atoms with Crippen LogP contribution in [0.2, 0.25) is 0 Å². The van der Waals surface area contributed by atoms with Gasteiger partial charge in [-0.15, -0.1) is 0 Å². The Morgan fingerprint density at radius 1 is 1.06 bits per heavy atom. The quantitative estimate of drug-likeness (QED) is 0.737. The van der Waals surface area contributed by atoms with E-state index < -0.39 is 5.66 Å². The van der Waals surface area contributed by atoms with Crippen LogP contribution in [0.25, 0.3) is 0 Å². The summed E-state index contributed by atoms with van der Waals surface area (Å²) in [7, 11) is 0. The zero-order valence-corrected chi connectivity index (χ0v) is 19.0. The van der Waals surface area contributed by atoms with Crippen molar-refractivity contribution in [3.05, 3.63) is 48.3 Å². The summed E-state index contributed by atoms with van der Waals surface area (Å²) in [6.45, 7) is 5.14. The van der Waals surface area contributed by atoms with Crippen LogP contribution < -0.4 is 15.5 Å². The van der Waals surface area contributed by atoms with Gasteiger partial charge in [0.2, 0.25) is 11.9 Å². The van der Waals surface area contributed by atoms with Crippen molar-refractivity contribution in [2.45, 2.75) is 38.3 Å². The summed E-state index contributed by atoms with van der Waals surface area (Å²) in [5.41, 5.74) is 0.999. The van der Waals surface area contributed by atoms with Crippen molar-refractivity contribution < 1.29 is 9.59 Å². The zero-order valence-electron chi connectivity index (χ0n) is 19.0. The number of hydrogen-bond donors (Lipinski definition) is 2. The van der Waals surface area contributed by atoms with Crippen LogP contribution in [0.5, 0.6) is 0 Å². The lowest BCUT2D eigenvalue weighted by molar-refractivity contribution is -0.150. The van der Waals surface area contributed by atoms with Crippen molar-refractivity contribution in [1.82, 2.24) is 20.2 Å². The Morgan fingerprint density at radius 2 is 1.82 bits per heavy atom. The lowest BCUT2D eigenvalue weighted by Crippen LogP contribution is -2.70. The zero-order chi connectivity index (χ0) is 22.6. The molecule has 3 heterocycles. The van der Waals surface area contributed by atoms with Crippen LogP contribution >= 0.6 is 0 Å². The fourth-order valence-electron chi connectivity index (χ4n) is 6.63. The Kier molecular flexibility index (Phi) is 4.61. The van der Waals surface area contributed by atoms with Crippen molar-refractivity contribution in [2.24, 2.45) is 17.3 Å². The molecule has 7 rings (SSSR count). The molecular weight excluding hydrogens is 416 g/mol. The van der Waals surface area contributed by atoms with Crippen molar-refractivity contribution in [1.29, 1.82) is 0 Å². The van der Waals surface area contributed by atoms with E-state index in [0.717, 1.165) is 50.4 Å². The third kappa shape index (κ3) is 3.26. The van der Waals surface area contributed by atoms with Crippen LogP contribution in [0.4, 0.5) is 11.6 Å². The SMILES string of the molecule is C[C@@]12CC[C@@H](C[C@@H]1C(=O)N1CCN(c3ncccn3)CC1)[C@]1(C2)NC(=O)c2ccccc2N1. The third-order valence-corrected chi connectivity index (χ3v) is 8.40. The van der Waals surface area contributed by atoms with Gasteiger partial charge in [0, 0.05) is 56.1 Å². The van der Waals surface area contributed by atoms with Crippen molar-refractivity contribution in [2.75, 3.05) is 36.4 Å². The molecule has 2 N–H and O–H groups in total. The molecule has 3 aliphatic carbocycles. The first-order chi connectivity index (χ1) is 16.0. The number of fused-ring (bicyclic) bond motifs is 3. The number of carbonyl (C=O) groups excluding carboxylic acids is 2. The van der Waals surface area contributed by atoms with Crippen molar-refractivity contribution in [3.8, 4) is 0 Å². The minimum Gasteiger partial charge on any atom is -0.362 e. The molecule has 3 saturated carbocycles. The monoisotopic (exact) mass is 446 g/mol. The van der Waals surface area contributed by atoms with Gasteiger partial charge in [0.25, 0.3) is 5.91 Å². The van der Waals surface area contributed by atoms with E-state index in [1.807, 2.05) is 35.2 Å². The fourth-order valence-corrected chi connectivity index (χ4v) is 6.63. The Bertz CT molecular complexity index is 1090. The van der Waals surface area contributed by atoms with Crippen LogP contribution in [-0.4, -0.2) is 58.5 Å². The second kappa shape index (κ2) is 7.43. The standard InChI is InChI=1S/C25H30N6O2/c1-24-8-7-17(25(16-24)28-20-6-3-2-5-18(20)21(32)29-25)15-19(24)22(33)30-11-13-31(14-12-30)23-26-9-4-10-27-23/h2-6,9-10,17,19,28H,7-8,11-16H2,1H3,(H,29,32)/t17-,19+,24-,25-/m0/s1. The van der Waals surface area contributed by atoms with Gasteiger partial charge in [-0.2, -0.15) is 0 Å². The number of amides is 2. The molecule has 1 spiro atoms. The fraction of sp³-hybridized carbons (Fsp3) is 0.520. The van der Waals surface area contributed by atoms with E-state index in [1.54, 1.807) is 12.4 Å².